The highest BCUT2D eigenvalue weighted by atomic mass is 16.8. The Morgan fingerprint density at radius 3 is 3.08 bits per heavy atom. The predicted octanol–water partition coefficient (Wildman–Crippen LogP) is -0.0213. The molecule has 1 fully saturated rings. The molecule has 0 bridgehead atoms. The van der Waals surface area contributed by atoms with Gasteiger partial charge in [-0.15, -0.1) is 0 Å². The van der Waals surface area contributed by atoms with Crippen molar-refractivity contribution >= 4 is 12.1 Å². The number of nitrogens with zero attached hydrogens (tertiary/aromatic N) is 1. The molecule has 0 radical (unpaired) electrons. The lowest BCUT2D eigenvalue weighted by Crippen LogP contribution is -2.25. The second-order valence-corrected chi connectivity index (χ2v) is 2.24. The largest absolute Gasteiger partial charge is 0.509 e. The third-order valence-corrected chi connectivity index (χ3v) is 1.31. The van der Waals surface area contributed by atoms with Gasteiger partial charge in [-0.2, -0.15) is 5.26 Å². The molecule has 0 N–H and O–H groups in total. The minimum Gasteiger partial charge on any atom is -0.462 e. The maximum absolute atomic E-state index is 11.0. The molecule has 1 atom stereocenters. The van der Waals surface area contributed by atoms with E-state index in [2.05, 4.69) is 14.2 Å². The van der Waals surface area contributed by atoms with Crippen LogP contribution in [0.15, 0.2) is 0 Å². The Labute approximate surface area is 74.0 Å². The maximum atomic E-state index is 11.0. The first-order valence-corrected chi connectivity index (χ1v) is 3.61. The van der Waals surface area contributed by atoms with Crippen molar-refractivity contribution in [1.29, 1.82) is 5.26 Å². The zero-order valence-electron chi connectivity index (χ0n) is 6.69. The molecule has 1 rings (SSSR count). The average molecular weight is 185 g/mol. The highest BCUT2D eigenvalue weighted by molar-refractivity contribution is 5.79. The quantitative estimate of drug-likeness (QED) is 0.453. The van der Waals surface area contributed by atoms with Crippen LogP contribution < -0.4 is 0 Å². The van der Waals surface area contributed by atoms with Gasteiger partial charge < -0.3 is 14.2 Å². The topological polar surface area (TPSA) is 85.6 Å². The third-order valence-electron chi connectivity index (χ3n) is 1.31. The van der Waals surface area contributed by atoms with Crippen LogP contribution >= 0.6 is 0 Å². The summed E-state index contributed by atoms with van der Waals surface area (Å²) in [6.45, 7) is -0.117. The highest BCUT2D eigenvalue weighted by Gasteiger charge is 2.32. The maximum Gasteiger partial charge on any atom is 0.509 e. The van der Waals surface area contributed by atoms with E-state index in [9.17, 15) is 9.59 Å². The highest BCUT2D eigenvalue weighted by Crippen LogP contribution is 2.07. The van der Waals surface area contributed by atoms with Crippen molar-refractivity contribution in [3.8, 4) is 6.07 Å². The van der Waals surface area contributed by atoms with Crippen LogP contribution in [0.4, 0.5) is 4.79 Å². The molecule has 1 unspecified atom stereocenters. The fourth-order valence-corrected chi connectivity index (χ4v) is 0.734. The number of cyclic esters (lactones) is 2. The monoisotopic (exact) mass is 185 g/mol. The Kier molecular flexibility index (Phi) is 3.09. The lowest BCUT2D eigenvalue weighted by molar-refractivity contribution is -0.151. The lowest BCUT2D eigenvalue weighted by Gasteiger charge is -2.04. The Morgan fingerprint density at radius 2 is 2.54 bits per heavy atom. The molecule has 1 saturated heterocycles. The molecule has 6 heteroatoms. The second-order valence-electron chi connectivity index (χ2n) is 2.24. The van der Waals surface area contributed by atoms with Gasteiger partial charge in [0.05, 0.1) is 12.5 Å². The van der Waals surface area contributed by atoms with Gasteiger partial charge in [-0.05, 0) is 0 Å². The molecule has 1 aliphatic heterocycles. The molecule has 0 aromatic heterocycles. The Morgan fingerprint density at radius 1 is 1.77 bits per heavy atom. The van der Waals surface area contributed by atoms with Crippen LogP contribution in [-0.2, 0) is 19.0 Å². The van der Waals surface area contributed by atoms with E-state index in [0.29, 0.717) is 0 Å². The molecule has 70 valence electrons. The first-order chi connectivity index (χ1) is 6.24. The Hall–Kier alpha value is -1.77. The molecular weight excluding hydrogens is 178 g/mol. The lowest BCUT2D eigenvalue weighted by atomic mass is 10.4. The predicted molar refractivity (Wildman–Crippen MR) is 37.4 cm³/mol. The smallest absolute Gasteiger partial charge is 0.462 e. The van der Waals surface area contributed by atoms with E-state index >= 15 is 0 Å². The zero-order chi connectivity index (χ0) is 9.68. The zero-order valence-corrected chi connectivity index (χ0v) is 6.69. The fraction of sp³-hybridized carbons (Fsp3) is 0.571. The van der Waals surface area contributed by atoms with Crippen LogP contribution in [0.3, 0.4) is 0 Å². The number of ether oxygens (including phenoxy) is 3. The van der Waals surface area contributed by atoms with Gasteiger partial charge in [0.1, 0.15) is 13.2 Å². The van der Waals surface area contributed by atoms with Crippen LogP contribution in [0.5, 0.6) is 0 Å². The minimum atomic E-state index is -0.980. The van der Waals surface area contributed by atoms with Crippen molar-refractivity contribution in [2.45, 2.75) is 12.5 Å². The van der Waals surface area contributed by atoms with Crippen molar-refractivity contribution in [3.05, 3.63) is 0 Å². The van der Waals surface area contributed by atoms with Crippen molar-refractivity contribution in [2.75, 3.05) is 13.2 Å². The second kappa shape index (κ2) is 4.30. The van der Waals surface area contributed by atoms with E-state index in [1.807, 2.05) is 0 Å². The summed E-state index contributed by atoms with van der Waals surface area (Å²) >= 11 is 0. The number of carbonyl (C=O) groups excluding carboxylic acids is 2. The van der Waals surface area contributed by atoms with Gasteiger partial charge in [0.2, 0.25) is 6.10 Å². The van der Waals surface area contributed by atoms with Crippen molar-refractivity contribution < 1.29 is 23.8 Å². The number of carbonyl (C=O) groups is 2. The summed E-state index contributed by atoms with van der Waals surface area (Å²) in [5.74, 6) is -0.680. The van der Waals surface area contributed by atoms with Gasteiger partial charge in [0.25, 0.3) is 0 Å². The normalized spacial score (nSPS) is 19.9. The summed E-state index contributed by atoms with van der Waals surface area (Å²) in [6, 6.07) is 1.81. The fourth-order valence-electron chi connectivity index (χ4n) is 0.734. The summed E-state index contributed by atoms with van der Waals surface area (Å²) in [5.41, 5.74) is 0. The third kappa shape index (κ3) is 2.63. The Balaban J connectivity index is 2.24. The number of esters is 1. The van der Waals surface area contributed by atoms with E-state index in [-0.39, 0.29) is 19.6 Å². The van der Waals surface area contributed by atoms with E-state index in [1.54, 1.807) is 6.07 Å². The van der Waals surface area contributed by atoms with Crippen LogP contribution in [0, 0.1) is 11.3 Å². The number of hydrogen-bond donors (Lipinski definition) is 0. The van der Waals surface area contributed by atoms with Gasteiger partial charge >= 0.3 is 12.1 Å². The molecule has 0 spiro atoms. The van der Waals surface area contributed by atoms with E-state index in [4.69, 9.17) is 5.26 Å². The van der Waals surface area contributed by atoms with Crippen LogP contribution in [0.2, 0.25) is 0 Å². The summed E-state index contributed by atoms with van der Waals surface area (Å²) in [7, 11) is 0. The van der Waals surface area contributed by atoms with E-state index in [0.717, 1.165) is 0 Å². The van der Waals surface area contributed by atoms with Crippen molar-refractivity contribution in [3.63, 3.8) is 0 Å². The number of rotatable bonds is 3. The first-order valence-electron chi connectivity index (χ1n) is 3.61. The summed E-state index contributed by atoms with van der Waals surface area (Å²) in [6.07, 6.45) is -1.73. The average Bonchev–Trinajstić information content (AvgIpc) is 2.52. The molecule has 0 aromatic carbocycles. The molecule has 1 aliphatic rings. The first kappa shape index (κ1) is 9.32. The molecule has 1 heterocycles. The molecule has 0 saturated carbocycles. The van der Waals surface area contributed by atoms with Crippen LogP contribution in [0.25, 0.3) is 0 Å². The minimum absolute atomic E-state index is 0.00336. The standard InChI is InChI=1S/C7H7NO5/c8-2-1-3-11-6(9)5-4-12-7(10)13-5/h5H,1,3-4H2. The van der Waals surface area contributed by atoms with E-state index < -0.39 is 18.2 Å². The Bertz CT molecular complexity index is 256. The molecule has 0 amide bonds. The van der Waals surface area contributed by atoms with Crippen LogP contribution in [0.1, 0.15) is 6.42 Å². The SMILES string of the molecule is N#CCCOC(=O)C1COC(=O)O1. The van der Waals surface area contributed by atoms with Gasteiger partial charge in [-0.25, -0.2) is 9.59 Å². The van der Waals surface area contributed by atoms with Gasteiger partial charge in [0, 0.05) is 0 Å². The molecule has 0 aromatic rings. The summed E-state index contributed by atoms with van der Waals surface area (Å²) in [4.78, 5) is 21.4. The summed E-state index contributed by atoms with van der Waals surface area (Å²) in [5, 5.41) is 8.14. The molecule has 0 aliphatic carbocycles. The van der Waals surface area contributed by atoms with Crippen molar-refractivity contribution in [1.82, 2.24) is 0 Å². The summed E-state index contributed by atoms with van der Waals surface area (Å²) < 4.78 is 13.4. The molecular formula is C7H7NO5. The van der Waals surface area contributed by atoms with Crippen molar-refractivity contribution in [2.24, 2.45) is 0 Å². The number of nitriles is 1. The van der Waals surface area contributed by atoms with Crippen LogP contribution in [-0.4, -0.2) is 31.4 Å². The van der Waals surface area contributed by atoms with Gasteiger partial charge in [-0.3, -0.25) is 0 Å². The molecule has 13 heavy (non-hydrogen) atoms. The number of hydrogen-bond acceptors (Lipinski definition) is 6. The van der Waals surface area contributed by atoms with E-state index in [1.165, 1.54) is 0 Å². The van der Waals surface area contributed by atoms with Gasteiger partial charge in [-0.1, -0.05) is 0 Å². The molecule has 6 nitrogen and oxygen atoms in total. The van der Waals surface area contributed by atoms with Gasteiger partial charge in [0.15, 0.2) is 0 Å².